The standard InChI is InChI=1S/C10H10N4O2/c11-9(15)10(16)12-4-6-1-2-7-8(3-6)14-5-13-7/h1-3,5H,4H2,(H2,11,15)(H,12,16)(H,13,14). The van der Waals surface area contributed by atoms with E-state index in [1.165, 1.54) is 0 Å². The number of fused-ring (bicyclic) bond motifs is 1. The molecule has 1 aromatic carbocycles. The molecule has 0 bridgehead atoms. The summed E-state index contributed by atoms with van der Waals surface area (Å²) >= 11 is 0. The monoisotopic (exact) mass is 218 g/mol. The Morgan fingerprint density at radius 3 is 3.00 bits per heavy atom. The third-order valence-electron chi connectivity index (χ3n) is 2.16. The third kappa shape index (κ3) is 2.00. The van der Waals surface area contributed by atoms with E-state index < -0.39 is 11.8 Å². The summed E-state index contributed by atoms with van der Waals surface area (Å²) in [5.74, 6) is -1.77. The van der Waals surface area contributed by atoms with Gasteiger partial charge in [0.25, 0.3) is 0 Å². The van der Waals surface area contributed by atoms with Gasteiger partial charge in [0, 0.05) is 6.54 Å². The van der Waals surface area contributed by atoms with Crippen LogP contribution < -0.4 is 11.1 Å². The van der Waals surface area contributed by atoms with Gasteiger partial charge < -0.3 is 16.0 Å². The Kier molecular flexibility index (Phi) is 2.55. The number of aromatic amines is 1. The van der Waals surface area contributed by atoms with Gasteiger partial charge in [0.2, 0.25) is 0 Å². The quantitative estimate of drug-likeness (QED) is 0.601. The Bertz CT molecular complexity index is 546. The first-order valence-corrected chi connectivity index (χ1v) is 4.66. The molecule has 16 heavy (non-hydrogen) atoms. The minimum absolute atomic E-state index is 0.261. The molecule has 82 valence electrons. The second kappa shape index (κ2) is 4.01. The van der Waals surface area contributed by atoms with E-state index in [1.54, 1.807) is 6.33 Å². The molecule has 0 radical (unpaired) electrons. The van der Waals surface area contributed by atoms with Crippen LogP contribution in [-0.4, -0.2) is 21.8 Å². The van der Waals surface area contributed by atoms with Crippen molar-refractivity contribution >= 4 is 22.8 Å². The molecule has 4 N–H and O–H groups in total. The van der Waals surface area contributed by atoms with E-state index in [0.717, 1.165) is 16.6 Å². The molecule has 6 nitrogen and oxygen atoms in total. The highest BCUT2D eigenvalue weighted by Gasteiger charge is 2.07. The van der Waals surface area contributed by atoms with Gasteiger partial charge >= 0.3 is 11.8 Å². The number of hydrogen-bond donors (Lipinski definition) is 3. The smallest absolute Gasteiger partial charge is 0.309 e. The van der Waals surface area contributed by atoms with Gasteiger partial charge in [0.1, 0.15) is 0 Å². The molecule has 0 aliphatic heterocycles. The van der Waals surface area contributed by atoms with Gasteiger partial charge in [0.05, 0.1) is 17.4 Å². The average Bonchev–Trinajstić information content (AvgIpc) is 2.72. The number of aromatic nitrogens is 2. The maximum atomic E-state index is 10.9. The van der Waals surface area contributed by atoms with Crippen molar-refractivity contribution in [3.8, 4) is 0 Å². The highest BCUT2D eigenvalue weighted by atomic mass is 16.2. The molecule has 2 rings (SSSR count). The van der Waals surface area contributed by atoms with Gasteiger partial charge in [0.15, 0.2) is 0 Å². The number of carbonyl (C=O) groups is 2. The van der Waals surface area contributed by atoms with Gasteiger partial charge in [-0.05, 0) is 17.7 Å². The van der Waals surface area contributed by atoms with E-state index >= 15 is 0 Å². The second-order valence-electron chi connectivity index (χ2n) is 3.30. The predicted molar refractivity (Wildman–Crippen MR) is 57.1 cm³/mol. The number of hydrogen-bond acceptors (Lipinski definition) is 3. The normalized spacial score (nSPS) is 10.2. The summed E-state index contributed by atoms with van der Waals surface area (Å²) < 4.78 is 0. The zero-order valence-electron chi connectivity index (χ0n) is 8.36. The van der Waals surface area contributed by atoms with Crippen molar-refractivity contribution in [2.45, 2.75) is 6.54 Å². The van der Waals surface area contributed by atoms with Crippen molar-refractivity contribution in [2.24, 2.45) is 5.73 Å². The van der Waals surface area contributed by atoms with Crippen LogP contribution in [0, 0.1) is 0 Å². The first-order chi connectivity index (χ1) is 7.66. The lowest BCUT2D eigenvalue weighted by molar-refractivity contribution is -0.137. The molecule has 0 saturated carbocycles. The highest BCUT2D eigenvalue weighted by molar-refractivity contribution is 6.34. The zero-order valence-corrected chi connectivity index (χ0v) is 8.36. The largest absolute Gasteiger partial charge is 0.361 e. The van der Waals surface area contributed by atoms with Crippen LogP contribution in [-0.2, 0) is 16.1 Å². The molecular formula is C10H10N4O2. The maximum Gasteiger partial charge on any atom is 0.309 e. The van der Waals surface area contributed by atoms with Crippen LogP contribution in [0.2, 0.25) is 0 Å². The van der Waals surface area contributed by atoms with Crippen molar-refractivity contribution in [2.75, 3.05) is 0 Å². The minimum atomic E-state index is -0.984. The Morgan fingerprint density at radius 2 is 2.25 bits per heavy atom. The van der Waals surface area contributed by atoms with Crippen molar-refractivity contribution in [3.63, 3.8) is 0 Å². The summed E-state index contributed by atoms with van der Waals surface area (Å²) in [4.78, 5) is 28.4. The number of nitrogens with one attached hydrogen (secondary N) is 2. The molecule has 0 unspecified atom stereocenters. The summed E-state index contributed by atoms with van der Waals surface area (Å²) in [6.07, 6.45) is 1.59. The molecule has 0 fully saturated rings. The SMILES string of the molecule is NC(=O)C(=O)NCc1ccc2nc[nH]c2c1. The summed E-state index contributed by atoms with van der Waals surface area (Å²) in [7, 11) is 0. The molecule has 1 aromatic heterocycles. The van der Waals surface area contributed by atoms with Crippen molar-refractivity contribution in [1.82, 2.24) is 15.3 Å². The van der Waals surface area contributed by atoms with E-state index in [0.29, 0.717) is 0 Å². The van der Waals surface area contributed by atoms with Gasteiger partial charge in [-0.3, -0.25) is 9.59 Å². The summed E-state index contributed by atoms with van der Waals surface area (Å²) in [6.45, 7) is 0.261. The number of amides is 2. The topological polar surface area (TPSA) is 101 Å². The van der Waals surface area contributed by atoms with Crippen molar-refractivity contribution < 1.29 is 9.59 Å². The number of nitrogens with zero attached hydrogens (tertiary/aromatic N) is 1. The Morgan fingerprint density at radius 1 is 1.44 bits per heavy atom. The molecule has 2 aromatic rings. The van der Waals surface area contributed by atoms with Crippen LogP contribution in [0.15, 0.2) is 24.5 Å². The molecule has 1 heterocycles. The second-order valence-corrected chi connectivity index (χ2v) is 3.30. The van der Waals surface area contributed by atoms with Crippen LogP contribution in [0.4, 0.5) is 0 Å². The van der Waals surface area contributed by atoms with Crippen molar-refractivity contribution in [3.05, 3.63) is 30.1 Å². The van der Waals surface area contributed by atoms with Gasteiger partial charge in [-0.1, -0.05) is 6.07 Å². The molecule has 0 aliphatic rings. The zero-order chi connectivity index (χ0) is 11.5. The van der Waals surface area contributed by atoms with E-state index in [4.69, 9.17) is 5.73 Å². The fraction of sp³-hybridized carbons (Fsp3) is 0.100. The third-order valence-corrected chi connectivity index (χ3v) is 2.16. The van der Waals surface area contributed by atoms with Crippen LogP contribution in [0.5, 0.6) is 0 Å². The number of imidazole rings is 1. The van der Waals surface area contributed by atoms with E-state index in [2.05, 4.69) is 15.3 Å². The van der Waals surface area contributed by atoms with Crippen molar-refractivity contribution in [1.29, 1.82) is 0 Å². The summed E-state index contributed by atoms with van der Waals surface area (Å²) in [5.41, 5.74) is 7.41. The highest BCUT2D eigenvalue weighted by Crippen LogP contribution is 2.11. The maximum absolute atomic E-state index is 10.9. The van der Waals surface area contributed by atoms with Crippen LogP contribution in [0.3, 0.4) is 0 Å². The first-order valence-electron chi connectivity index (χ1n) is 4.66. The molecule has 0 saturated heterocycles. The molecule has 0 spiro atoms. The lowest BCUT2D eigenvalue weighted by Gasteiger charge is -2.02. The van der Waals surface area contributed by atoms with Crippen LogP contribution in [0.1, 0.15) is 5.56 Å². The van der Waals surface area contributed by atoms with Gasteiger partial charge in [-0.25, -0.2) is 4.98 Å². The summed E-state index contributed by atoms with van der Waals surface area (Å²) in [5, 5.41) is 2.41. The van der Waals surface area contributed by atoms with Crippen LogP contribution in [0.25, 0.3) is 11.0 Å². The fourth-order valence-electron chi connectivity index (χ4n) is 1.36. The molecule has 0 aliphatic carbocycles. The van der Waals surface area contributed by atoms with Gasteiger partial charge in [-0.2, -0.15) is 0 Å². The Balaban J connectivity index is 2.09. The number of primary amides is 1. The Labute approximate surface area is 90.8 Å². The fourth-order valence-corrected chi connectivity index (χ4v) is 1.36. The number of carbonyl (C=O) groups excluding carboxylic acids is 2. The lowest BCUT2D eigenvalue weighted by atomic mass is 10.2. The first kappa shape index (κ1) is 10.2. The average molecular weight is 218 g/mol. The predicted octanol–water partition coefficient (Wildman–Crippen LogP) is -0.336. The molecule has 0 atom stereocenters. The minimum Gasteiger partial charge on any atom is -0.361 e. The number of rotatable bonds is 2. The molecular weight excluding hydrogens is 208 g/mol. The summed E-state index contributed by atoms with van der Waals surface area (Å²) in [6, 6.07) is 5.51. The van der Waals surface area contributed by atoms with Gasteiger partial charge in [-0.15, -0.1) is 0 Å². The number of H-pyrrole nitrogens is 1. The van der Waals surface area contributed by atoms with Crippen LogP contribution >= 0.6 is 0 Å². The molecule has 6 heteroatoms. The number of nitrogens with two attached hydrogens (primary N) is 1. The molecule has 2 amide bonds. The number of benzene rings is 1. The lowest BCUT2D eigenvalue weighted by Crippen LogP contribution is -2.35. The van der Waals surface area contributed by atoms with E-state index in [-0.39, 0.29) is 6.54 Å². The Hall–Kier alpha value is -2.37. The van der Waals surface area contributed by atoms with E-state index in [1.807, 2.05) is 18.2 Å². The van der Waals surface area contributed by atoms with E-state index in [9.17, 15) is 9.59 Å².